The molecule has 0 aliphatic rings. The van der Waals surface area contributed by atoms with E-state index in [1.54, 1.807) is 4.98 Å². The standard InChI is InChI=1S/C12H4ClF6NO2/c13-10(22)7-8(21)5-2-1-4(11(14,15)16)3-6(5)20-9(7)12(17,18)19/h1-3H,(H,20,21). The molecule has 10 heteroatoms. The zero-order valence-electron chi connectivity index (χ0n) is 10.2. The largest absolute Gasteiger partial charge is 0.432 e. The molecule has 22 heavy (non-hydrogen) atoms. The first kappa shape index (κ1) is 16.3. The van der Waals surface area contributed by atoms with Gasteiger partial charge in [-0.2, -0.15) is 26.3 Å². The van der Waals surface area contributed by atoms with E-state index in [1.807, 2.05) is 0 Å². The molecule has 1 N–H and O–H groups in total. The summed E-state index contributed by atoms with van der Waals surface area (Å²) in [5, 5.41) is -2.17. The molecule has 0 radical (unpaired) electrons. The number of rotatable bonds is 1. The van der Waals surface area contributed by atoms with Crippen LogP contribution in [0.2, 0.25) is 0 Å². The van der Waals surface area contributed by atoms with Crippen LogP contribution in [-0.2, 0) is 12.4 Å². The Morgan fingerprint density at radius 2 is 1.64 bits per heavy atom. The molecule has 2 aromatic rings. The van der Waals surface area contributed by atoms with Crippen LogP contribution in [0.4, 0.5) is 26.3 Å². The van der Waals surface area contributed by atoms with E-state index in [2.05, 4.69) is 0 Å². The number of benzene rings is 1. The fourth-order valence-electron chi connectivity index (χ4n) is 1.87. The van der Waals surface area contributed by atoms with Gasteiger partial charge in [0.05, 0.1) is 11.1 Å². The van der Waals surface area contributed by atoms with Gasteiger partial charge in [-0.3, -0.25) is 9.59 Å². The van der Waals surface area contributed by atoms with Crippen molar-refractivity contribution in [1.82, 2.24) is 4.98 Å². The maximum Gasteiger partial charge on any atom is 0.432 e. The highest BCUT2D eigenvalue weighted by Crippen LogP contribution is 2.33. The van der Waals surface area contributed by atoms with Gasteiger partial charge in [0.15, 0.2) is 0 Å². The third-order valence-corrected chi connectivity index (χ3v) is 3.00. The third-order valence-electron chi connectivity index (χ3n) is 2.81. The van der Waals surface area contributed by atoms with Gasteiger partial charge in [0.25, 0.3) is 5.24 Å². The van der Waals surface area contributed by atoms with E-state index < -0.39 is 50.7 Å². The lowest BCUT2D eigenvalue weighted by molar-refractivity contribution is -0.141. The number of aromatic nitrogens is 1. The second-order valence-corrected chi connectivity index (χ2v) is 4.58. The summed E-state index contributed by atoms with van der Waals surface area (Å²) in [6.45, 7) is 0. The summed E-state index contributed by atoms with van der Waals surface area (Å²) >= 11 is 4.98. The van der Waals surface area contributed by atoms with Gasteiger partial charge in [-0.15, -0.1) is 0 Å². The predicted molar refractivity (Wildman–Crippen MR) is 64.8 cm³/mol. The first-order chi connectivity index (χ1) is 9.93. The Morgan fingerprint density at radius 1 is 1.05 bits per heavy atom. The molecule has 0 bridgehead atoms. The van der Waals surface area contributed by atoms with Crippen LogP contribution in [0.15, 0.2) is 23.0 Å². The first-order valence-electron chi connectivity index (χ1n) is 5.47. The minimum Gasteiger partial charge on any atom is -0.350 e. The lowest BCUT2D eigenvalue weighted by Crippen LogP contribution is -2.23. The minimum atomic E-state index is -5.17. The summed E-state index contributed by atoms with van der Waals surface area (Å²) in [6.07, 6.45) is -9.97. The second kappa shape index (κ2) is 5.01. The zero-order chi connectivity index (χ0) is 16.9. The molecule has 118 valence electrons. The van der Waals surface area contributed by atoms with E-state index in [0.29, 0.717) is 18.2 Å². The van der Waals surface area contributed by atoms with Crippen LogP contribution in [0.1, 0.15) is 21.6 Å². The zero-order valence-corrected chi connectivity index (χ0v) is 11.0. The van der Waals surface area contributed by atoms with E-state index in [9.17, 15) is 35.9 Å². The van der Waals surface area contributed by atoms with Crippen LogP contribution in [-0.4, -0.2) is 10.2 Å². The number of nitrogens with one attached hydrogen (secondary N) is 1. The maximum atomic E-state index is 12.8. The quantitative estimate of drug-likeness (QED) is 0.630. The van der Waals surface area contributed by atoms with Crippen molar-refractivity contribution >= 4 is 27.7 Å². The molecule has 0 aliphatic heterocycles. The van der Waals surface area contributed by atoms with E-state index in [4.69, 9.17) is 11.6 Å². The molecule has 1 aromatic carbocycles. The van der Waals surface area contributed by atoms with E-state index in [0.717, 1.165) is 0 Å². The molecule has 0 atom stereocenters. The Labute approximate surface area is 122 Å². The second-order valence-electron chi connectivity index (χ2n) is 4.23. The Hall–Kier alpha value is -2.03. The van der Waals surface area contributed by atoms with Crippen molar-refractivity contribution in [3.63, 3.8) is 0 Å². The molecular formula is C12H4ClF6NO2. The monoisotopic (exact) mass is 343 g/mol. The first-order valence-corrected chi connectivity index (χ1v) is 5.85. The van der Waals surface area contributed by atoms with Gasteiger partial charge in [-0.1, -0.05) is 0 Å². The van der Waals surface area contributed by atoms with Crippen LogP contribution >= 0.6 is 11.6 Å². The number of carbonyl (C=O) groups excluding carboxylic acids is 1. The number of carbonyl (C=O) groups is 1. The highest BCUT2D eigenvalue weighted by atomic mass is 35.5. The van der Waals surface area contributed by atoms with Crippen LogP contribution in [0.5, 0.6) is 0 Å². The minimum absolute atomic E-state index is 0.356. The summed E-state index contributed by atoms with van der Waals surface area (Å²) in [4.78, 5) is 24.6. The number of H-pyrrole nitrogens is 1. The Morgan fingerprint density at radius 3 is 2.09 bits per heavy atom. The SMILES string of the molecule is O=C(Cl)c1c(C(F)(F)F)[nH]c2cc(C(F)(F)F)ccc2c1=O. The molecule has 0 amide bonds. The van der Waals surface area contributed by atoms with Crippen molar-refractivity contribution in [2.24, 2.45) is 0 Å². The fraction of sp³-hybridized carbons (Fsp3) is 0.167. The van der Waals surface area contributed by atoms with Gasteiger partial charge in [0.1, 0.15) is 11.3 Å². The normalized spacial score (nSPS) is 12.7. The van der Waals surface area contributed by atoms with Gasteiger partial charge in [0, 0.05) is 5.39 Å². The number of fused-ring (bicyclic) bond motifs is 1. The van der Waals surface area contributed by atoms with Crippen LogP contribution in [0.3, 0.4) is 0 Å². The van der Waals surface area contributed by atoms with Gasteiger partial charge in [-0.05, 0) is 29.8 Å². The summed E-state index contributed by atoms with van der Waals surface area (Å²) in [7, 11) is 0. The van der Waals surface area contributed by atoms with Crippen molar-refractivity contribution in [3.05, 3.63) is 45.2 Å². The molecular weight excluding hydrogens is 340 g/mol. The van der Waals surface area contributed by atoms with Gasteiger partial charge >= 0.3 is 12.4 Å². The Balaban J connectivity index is 2.92. The average molecular weight is 344 g/mol. The average Bonchev–Trinajstić information content (AvgIpc) is 2.35. The van der Waals surface area contributed by atoms with Crippen molar-refractivity contribution in [2.75, 3.05) is 0 Å². The summed E-state index contributed by atoms with van der Waals surface area (Å²) < 4.78 is 76.3. The van der Waals surface area contributed by atoms with Crippen molar-refractivity contribution in [2.45, 2.75) is 12.4 Å². The van der Waals surface area contributed by atoms with Gasteiger partial charge in [0.2, 0.25) is 5.43 Å². The highest BCUT2D eigenvalue weighted by Gasteiger charge is 2.38. The Bertz CT molecular complexity index is 821. The number of pyridine rings is 1. The summed E-state index contributed by atoms with van der Waals surface area (Å²) in [5.74, 6) is 0. The van der Waals surface area contributed by atoms with Gasteiger partial charge in [-0.25, -0.2) is 0 Å². The van der Waals surface area contributed by atoms with Gasteiger partial charge < -0.3 is 4.98 Å². The van der Waals surface area contributed by atoms with Crippen molar-refractivity contribution in [1.29, 1.82) is 0 Å². The van der Waals surface area contributed by atoms with Crippen LogP contribution < -0.4 is 5.43 Å². The fourth-order valence-corrected chi connectivity index (χ4v) is 2.05. The molecule has 0 fully saturated rings. The van der Waals surface area contributed by atoms with Crippen LogP contribution in [0.25, 0.3) is 10.9 Å². The molecule has 2 rings (SSSR count). The third kappa shape index (κ3) is 2.80. The summed E-state index contributed by atoms with van der Waals surface area (Å²) in [6, 6.07) is 1.56. The number of hydrogen-bond donors (Lipinski definition) is 1. The number of hydrogen-bond acceptors (Lipinski definition) is 2. The smallest absolute Gasteiger partial charge is 0.350 e. The predicted octanol–water partition coefficient (Wildman–Crippen LogP) is 3.94. The molecule has 0 saturated carbocycles. The molecule has 1 heterocycles. The van der Waals surface area contributed by atoms with Crippen molar-refractivity contribution in [3.8, 4) is 0 Å². The lowest BCUT2D eigenvalue weighted by Gasteiger charge is -2.13. The highest BCUT2D eigenvalue weighted by molar-refractivity contribution is 6.68. The van der Waals surface area contributed by atoms with E-state index >= 15 is 0 Å². The van der Waals surface area contributed by atoms with E-state index in [-0.39, 0.29) is 0 Å². The van der Waals surface area contributed by atoms with E-state index in [1.165, 1.54) is 0 Å². The van der Waals surface area contributed by atoms with Crippen LogP contribution in [0, 0.1) is 0 Å². The molecule has 0 aliphatic carbocycles. The van der Waals surface area contributed by atoms with Crippen molar-refractivity contribution < 1.29 is 31.1 Å². The Kier molecular flexibility index (Phi) is 3.72. The molecule has 0 unspecified atom stereocenters. The molecule has 1 aromatic heterocycles. The topological polar surface area (TPSA) is 49.9 Å². The molecule has 3 nitrogen and oxygen atoms in total. The number of aromatic amines is 1. The summed E-state index contributed by atoms with van der Waals surface area (Å²) in [5.41, 5.74) is -6.48. The number of halogens is 7. The maximum absolute atomic E-state index is 12.8. The lowest BCUT2D eigenvalue weighted by atomic mass is 10.1. The number of alkyl halides is 6. The molecule has 0 spiro atoms. The molecule has 0 saturated heterocycles.